The topological polar surface area (TPSA) is 99.0 Å². The van der Waals surface area contributed by atoms with E-state index in [0.29, 0.717) is 29.2 Å². The molecule has 1 atom stereocenters. The van der Waals surface area contributed by atoms with Crippen molar-refractivity contribution in [2.45, 2.75) is 50.9 Å². The first-order chi connectivity index (χ1) is 19.5. The van der Waals surface area contributed by atoms with E-state index in [2.05, 4.69) is 10.3 Å². The Bertz CT molecular complexity index is 1580. The van der Waals surface area contributed by atoms with Crippen LogP contribution in [0.25, 0.3) is 5.69 Å². The number of aromatic nitrogens is 2. The molecule has 41 heavy (non-hydrogen) atoms. The number of hydrogen-bond donors (Lipinski definition) is 3. The number of nitrogens with two attached hydrogens (primary N) is 2. The quantitative estimate of drug-likeness (QED) is 0.203. The SMILES string of the molecule is Cc1cc(C(N)(CCC2CC2)c2ccc(F)c(NC(=O)c3cc(C(F)(F)F)cn3-c3cccc(CN)c3)c2)ccn1. The van der Waals surface area contributed by atoms with Gasteiger partial charge in [0, 0.05) is 30.3 Å². The Labute approximate surface area is 235 Å². The van der Waals surface area contributed by atoms with Gasteiger partial charge in [0.15, 0.2) is 0 Å². The van der Waals surface area contributed by atoms with E-state index in [4.69, 9.17) is 11.5 Å². The number of amides is 1. The normalized spacial score (nSPS) is 15.0. The summed E-state index contributed by atoms with van der Waals surface area (Å²) in [6, 6.07) is 15.2. The fourth-order valence-electron chi connectivity index (χ4n) is 5.04. The van der Waals surface area contributed by atoms with Crippen molar-refractivity contribution < 1.29 is 22.4 Å². The van der Waals surface area contributed by atoms with Crippen LogP contribution >= 0.6 is 0 Å². The number of nitrogens with one attached hydrogen (secondary N) is 1. The summed E-state index contributed by atoms with van der Waals surface area (Å²) in [4.78, 5) is 17.7. The van der Waals surface area contributed by atoms with Gasteiger partial charge < -0.3 is 21.4 Å². The molecule has 1 amide bonds. The summed E-state index contributed by atoms with van der Waals surface area (Å²) in [6.07, 6.45) is 1.57. The van der Waals surface area contributed by atoms with Crippen molar-refractivity contribution in [2.75, 3.05) is 5.32 Å². The minimum absolute atomic E-state index is 0.166. The summed E-state index contributed by atoms with van der Waals surface area (Å²) in [5.74, 6) is -1.05. The third kappa shape index (κ3) is 6.18. The maximum Gasteiger partial charge on any atom is 0.417 e. The fourth-order valence-corrected chi connectivity index (χ4v) is 5.04. The molecule has 5 rings (SSSR count). The van der Waals surface area contributed by atoms with Crippen LogP contribution < -0.4 is 16.8 Å². The van der Waals surface area contributed by atoms with E-state index in [1.807, 2.05) is 19.1 Å². The van der Waals surface area contributed by atoms with Gasteiger partial charge in [-0.15, -0.1) is 0 Å². The summed E-state index contributed by atoms with van der Waals surface area (Å²) >= 11 is 0. The van der Waals surface area contributed by atoms with E-state index < -0.39 is 29.0 Å². The van der Waals surface area contributed by atoms with Crippen LogP contribution in [0.2, 0.25) is 0 Å². The number of alkyl halides is 3. The molecule has 1 fully saturated rings. The Balaban J connectivity index is 1.52. The number of carbonyl (C=O) groups excluding carboxylic acids is 1. The molecule has 1 unspecified atom stereocenters. The molecule has 0 saturated heterocycles. The maximum absolute atomic E-state index is 15.1. The fraction of sp³-hybridized carbons (Fsp3) is 0.290. The van der Waals surface area contributed by atoms with Crippen LogP contribution in [0.1, 0.15) is 64.1 Å². The van der Waals surface area contributed by atoms with Crippen LogP contribution in [0, 0.1) is 18.7 Å². The van der Waals surface area contributed by atoms with Gasteiger partial charge in [0.2, 0.25) is 0 Å². The van der Waals surface area contributed by atoms with Crippen LogP contribution in [0.4, 0.5) is 23.2 Å². The van der Waals surface area contributed by atoms with Crippen molar-refractivity contribution in [1.82, 2.24) is 9.55 Å². The second-order valence-electron chi connectivity index (χ2n) is 10.6. The number of rotatable bonds is 9. The molecule has 5 N–H and O–H groups in total. The van der Waals surface area contributed by atoms with Crippen molar-refractivity contribution in [2.24, 2.45) is 17.4 Å². The first kappa shape index (κ1) is 28.5. The monoisotopic (exact) mass is 565 g/mol. The summed E-state index contributed by atoms with van der Waals surface area (Å²) in [5.41, 5.74) is 13.4. The molecule has 0 bridgehead atoms. The highest BCUT2D eigenvalue weighted by Gasteiger charge is 2.35. The van der Waals surface area contributed by atoms with Crippen LogP contribution in [0.5, 0.6) is 0 Å². The lowest BCUT2D eigenvalue weighted by Gasteiger charge is -2.32. The highest BCUT2D eigenvalue weighted by molar-refractivity contribution is 6.04. The lowest BCUT2D eigenvalue weighted by Crippen LogP contribution is -2.38. The number of benzene rings is 2. The van der Waals surface area contributed by atoms with E-state index in [9.17, 15) is 18.0 Å². The largest absolute Gasteiger partial charge is 0.417 e. The van der Waals surface area contributed by atoms with Crippen molar-refractivity contribution in [3.8, 4) is 5.69 Å². The van der Waals surface area contributed by atoms with Gasteiger partial charge in [-0.25, -0.2) is 4.39 Å². The van der Waals surface area contributed by atoms with Crippen molar-refractivity contribution in [3.05, 3.63) is 113 Å². The maximum atomic E-state index is 15.1. The number of pyridine rings is 1. The first-order valence-corrected chi connectivity index (χ1v) is 13.4. The van der Waals surface area contributed by atoms with E-state index in [1.165, 1.54) is 12.1 Å². The molecule has 0 radical (unpaired) electrons. The zero-order valence-corrected chi connectivity index (χ0v) is 22.5. The molecule has 214 valence electrons. The van der Waals surface area contributed by atoms with E-state index in [-0.39, 0.29) is 17.9 Å². The molecule has 0 aliphatic heterocycles. The molecule has 1 saturated carbocycles. The molecular formula is C31H31F4N5O. The van der Waals surface area contributed by atoms with Gasteiger partial charge in [0.05, 0.1) is 16.8 Å². The van der Waals surface area contributed by atoms with Gasteiger partial charge in [-0.3, -0.25) is 9.78 Å². The Morgan fingerprint density at radius 3 is 2.49 bits per heavy atom. The zero-order chi connectivity index (χ0) is 29.4. The average Bonchev–Trinajstić information content (AvgIpc) is 3.66. The highest BCUT2D eigenvalue weighted by Crippen LogP contribution is 2.40. The first-order valence-electron chi connectivity index (χ1n) is 13.4. The van der Waals surface area contributed by atoms with Crippen LogP contribution in [0.15, 0.2) is 73.1 Å². The summed E-state index contributed by atoms with van der Waals surface area (Å²) in [7, 11) is 0. The number of hydrogen-bond acceptors (Lipinski definition) is 4. The van der Waals surface area contributed by atoms with Crippen molar-refractivity contribution in [3.63, 3.8) is 0 Å². The molecule has 2 aromatic heterocycles. The molecule has 0 spiro atoms. The standard InChI is InChI=1S/C31H31F4N5O/c1-19-13-23(10-12-38-19)30(37,11-9-20-5-6-20)22-7-8-26(32)27(15-22)39-29(41)28-16-24(31(33,34)35)18-40(28)25-4-2-3-21(14-25)17-36/h2-4,7-8,10,12-16,18,20H,5-6,9,11,17,36-37H2,1H3,(H,39,41). The Hall–Kier alpha value is -4.02. The van der Waals surface area contributed by atoms with Gasteiger partial charge in [0.1, 0.15) is 11.5 Å². The van der Waals surface area contributed by atoms with Crippen LogP contribution in [-0.4, -0.2) is 15.5 Å². The Morgan fingerprint density at radius 1 is 1.05 bits per heavy atom. The number of aryl methyl sites for hydroxylation is 1. The van der Waals surface area contributed by atoms with E-state index >= 15 is 4.39 Å². The number of halogens is 4. The summed E-state index contributed by atoms with van der Waals surface area (Å²) in [5, 5.41) is 2.49. The second kappa shape index (κ2) is 11.1. The number of carbonyl (C=O) groups is 1. The van der Waals surface area contributed by atoms with Crippen LogP contribution in [-0.2, 0) is 18.3 Å². The van der Waals surface area contributed by atoms with Gasteiger partial charge in [-0.2, -0.15) is 13.2 Å². The zero-order valence-electron chi connectivity index (χ0n) is 22.5. The average molecular weight is 566 g/mol. The molecular weight excluding hydrogens is 534 g/mol. The minimum Gasteiger partial charge on any atom is -0.326 e. The predicted octanol–water partition coefficient (Wildman–Crippen LogP) is 6.44. The third-order valence-electron chi connectivity index (χ3n) is 7.59. The van der Waals surface area contributed by atoms with E-state index in [0.717, 1.165) is 47.4 Å². The molecule has 6 nitrogen and oxygen atoms in total. The van der Waals surface area contributed by atoms with Gasteiger partial charge >= 0.3 is 6.18 Å². The molecule has 1 aliphatic carbocycles. The van der Waals surface area contributed by atoms with E-state index in [1.54, 1.807) is 36.5 Å². The Kier molecular flexibility index (Phi) is 7.72. The lowest BCUT2D eigenvalue weighted by atomic mass is 9.79. The molecule has 4 aromatic rings. The third-order valence-corrected chi connectivity index (χ3v) is 7.59. The van der Waals surface area contributed by atoms with Crippen LogP contribution in [0.3, 0.4) is 0 Å². The van der Waals surface area contributed by atoms with Gasteiger partial charge in [-0.05, 0) is 84.8 Å². The molecule has 2 heterocycles. The summed E-state index contributed by atoms with van der Waals surface area (Å²) in [6.45, 7) is 2.02. The van der Waals surface area contributed by atoms with Crippen molar-refractivity contribution >= 4 is 11.6 Å². The van der Waals surface area contributed by atoms with Gasteiger partial charge in [-0.1, -0.05) is 31.0 Å². The van der Waals surface area contributed by atoms with Gasteiger partial charge in [0.25, 0.3) is 5.91 Å². The number of anilines is 1. The summed E-state index contributed by atoms with van der Waals surface area (Å²) < 4.78 is 57.2. The minimum atomic E-state index is -4.69. The number of nitrogens with zero attached hydrogens (tertiary/aromatic N) is 2. The predicted molar refractivity (Wildman–Crippen MR) is 149 cm³/mol. The molecule has 1 aliphatic rings. The Morgan fingerprint density at radius 2 is 1.80 bits per heavy atom. The smallest absolute Gasteiger partial charge is 0.326 e. The lowest BCUT2D eigenvalue weighted by molar-refractivity contribution is -0.137. The second-order valence-corrected chi connectivity index (χ2v) is 10.6. The van der Waals surface area contributed by atoms with Crippen molar-refractivity contribution in [1.29, 1.82) is 0 Å². The molecule has 2 aromatic carbocycles. The molecule has 10 heteroatoms. The highest BCUT2D eigenvalue weighted by atomic mass is 19.4.